The van der Waals surface area contributed by atoms with Crippen LogP contribution in [0.1, 0.15) is 13.8 Å². The second-order valence-corrected chi connectivity index (χ2v) is 4.52. The summed E-state index contributed by atoms with van der Waals surface area (Å²) in [6.45, 7) is 4.53. The summed E-state index contributed by atoms with van der Waals surface area (Å²) < 4.78 is 5.29. The van der Waals surface area contributed by atoms with Crippen LogP contribution in [-0.4, -0.2) is 20.7 Å². The Balaban J connectivity index is 2.89. The molecule has 0 fully saturated rings. The quantitative estimate of drug-likeness (QED) is 0.779. The summed E-state index contributed by atoms with van der Waals surface area (Å²) in [5.41, 5.74) is 0.642. The third-order valence-electron chi connectivity index (χ3n) is 2.43. The molecule has 0 amide bonds. The number of hydrogen-bond donors (Lipinski definition) is 0. The van der Waals surface area contributed by atoms with Crippen molar-refractivity contribution < 1.29 is 4.74 Å². The molecule has 3 heteroatoms. The second-order valence-electron chi connectivity index (χ2n) is 4.52. The highest BCUT2D eigenvalue weighted by atomic mass is 16.5. The van der Waals surface area contributed by atoms with E-state index in [-0.39, 0.29) is 5.41 Å². The van der Waals surface area contributed by atoms with Crippen LogP contribution in [0.3, 0.4) is 0 Å². The average Bonchev–Trinajstić information content (AvgIpc) is 2.28. The number of nitriles is 1. The molecule has 0 radical (unpaired) electrons. The van der Waals surface area contributed by atoms with Gasteiger partial charge < -0.3 is 9.64 Å². The molecule has 1 aromatic rings. The van der Waals surface area contributed by atoms with Gasteiger partial charge in [-0.25, -0.2) is 0 Å². The lowest BCUT2D eigenvalue weighted by Crippen LogP contribution is -2.30. The number of nitrogens with zero attached hydrogens (tertiary/aromatic N) is 2. The Morgan fingerprint density at radius 2 is 2.00 bits per heavy atom. The first-order chi connectivity index (χ1) is 7.50. The van der Waals surface area contributed by atoms with Gasteiger partial charge in [0.2, 0.25) is 0 Å². The van der Waals surface area contributed by atoms with Gasteiger partial charge in [-0.05, 0) is 26.0 Å². The van der Waals surface area contributed by atoms with Gasteiger partial charge in [-0.3, -0.25) is 0 Å². The minimum atomic E-state index is -0.365. The number of anilines is 1. The SMILES string of the molecule is COc1ccccc1N(C)CC(C)(C)C#N. The standard InChI is InChI=1S/C13H18N2O/c1-13(2,9-14)10-15(3)11-7-5-6-8-12(11)16-4/h5-8H,10H2,1-4H3. The van der Waals surface area contributed by atoms with Crippen LogP contribution in [0.25, 0.3) is 0 Å². The molecule has 0 aromatic heterocycles. The number of hydrogen-bond acceptors (Lipinski definition) is 3. The summed E-state index contributed by atoms with van der Waals surface area (Å²) in [5, 5.41) is 9.01. The predicted octanol–water partition coefficient (Wildman–Crippen LogP) is 2.68. The van der Waals surface area contributed by atoms with E-state index in [0.29, 0.717) is 6.54 Å². The summed E-state index contributed by atoms with van der Waals surface area (Å²) in [6, 6.07) is 10.1. The molecule has 86 valence electrons. The van der Waals surface area contributed by atoms with Gasteiger partial charge >= 0.3 is 0 Å². The first-order valence-corrected chi connectivity index (χ1v) is 5.25. The van der Waals surface area contributed by atoms with Crippen molar-refractivity contribution in [3.8, 4) is 11.8 Å². The molecule has 0 heterocycles. The zero-order valence-electron chi connectivity index (χ0n) is 10.3. The van der Waals surface area contributed by atoms with Gasteiger partial charge in [-0.2, -0.15) is 5.26 Å². The van der Waals surface area contributed by atoms with Crippen LogP contribution in [0.15, 0.2) is 24.3 Å². The van der Waals surface area contributed by atoms with E-state index in [2.05, 4.69) is 6.07 Å². The first kappa shape index (κ1) is 12.4. The first-order valence-electron chi connectivity index (χ1n) is 5.25. The molecule has 0 bridgehead atoms. The monoisotopic (exact) mass is 218 g/mol. The fraction of sp³-hybridized carbons (Fsp3) is 0.462. The summed E-state index contributed by atoms with van der Waals surface area (Å²) >= 11 is 0. The molecule has 0 atom stereocenters. The van der Waals surface area contributed by atoms with Gasteiger partial charge in [0.1, 0.15) is 5.75 Å². The molecule has 0 saturated carbocycles. The minimum Gasteiger partial charge on any atom is -0.495 e. The topological polar surface area (TPSA) is 36.3 Å². The van der Waals surface area contributed by atoms with Crippen LogP contribution in [0.2, 0.25) is 0 Å². The lowest BCUT2D eigenvalue weighted by atomic mass is 9.95. The van der Waals surface area contributed by atoms with Crippen LogP contribution in [-0.2, 0) is 0 Å². The maximum absolute atomic E-state index is 9.01. The molecule has 0 aliphatic carbocycles. The largest absolute Gasteiger partial charge is 0.495 e. The molecule has 1 aromatic carbocycles. The fourth-order valence-corrected chi connectivity index (χ4v) is 1.66. The Bertz CT molecular complexity index is 393. The zero-order chi connectivity index (χ0) is 12.2. The molecule has 0 aliphatic heterocycles. The van der Waals surface area contributed by atoms with Crippen molar-refractivity contribution in [1.29, 1.82) is 5.26 Å². The molecule has 0 aliphatic rings. The smallest absolute Gasteiger partial charge is 0.142 e. The van der Waals surface area contributed by atoms with Gasteiger partial charge in [0.25, 0.3) is 0 Å². The molecule has 1 rings (SSSR count). The van der Waals surface area contributed by atoms with Gasteiger partial charge in [-0.15, -0.1) is 0 Å². The highest BCUT2D eigenvalue weighted by Gasteiger charge is 2.20. The van der Waals surface area contributed by atoms with Crippen molar-refractivity contribution in [3.05, 3.63) is 24.3 Å². The van der Waals surface area contributed by atoms with E-state index in [0.717, 1.165) is 11.4 Å². The van der Waals surface area contributed by atoms with E-state index in [1.807, 2.05) is 50.1 Å². The normalized spacial score (nSPS) is 10.7. The zero-order valence-corrected chi connectivity index (χ0v) is 10.3. The van der Waals surface area contributed by atoms with Crippen molar-refractivity contribution in [2.24, 2.45) is 5.41 Å². The predicted molar refractivity (Wildman–Crippen MR) is 65.7 cm³/mol. The number of methoxy groups -OCH3 is 1. The molecule has 0 unspecified atom stereocenters. The van der Waals surface area contributed by atoms with E-state index in [1.54, 1.807) is 7.11 Å². The van der Waals surface area contributed by atoms with Crippen molar-refractivity contribution in [1.82, 2.24) is 0 Å². The van der Waals surface area contributed by atoms with Gasteiger partial charge in [0, 0.05) is 13.6 Å². The van der Waals surface area contributed by atoms with E-state index in [4.69, 9.17) is 10.00 Å². The Labute approximate surface area is 97.3 Å². The van der Waals surface area contributed by atoms with E-state index >= 15 is 0 Å². The Morgan fingerprint density at radius 3 is 2.56 bits per heavy atom. The third-order valence-corrected chi connectivity index (χ3v) is 2.43. The van der Waals surface area contributed by atoms with Crippen LogP contribution in [0.4, 0.5) is 5.69 Å². The molecule has 0 spiro atoms. The molecule has 16 heavy (non-hydrogen) atoms. The van der Waals surface area contributed by atoms with Crippen LogP contribution in [0, 0.1) is 16.7 Å². The van der Waals surface area contributed by atoms with Crippen LogP contribution < -0.4 is 9.64 Å². The van der Waals surface area contributed by atoms with Crippen LogP contribution in [0.5, 0.6) is 5.75 Å². The number of ether oxygens (including phenoxy) is 1. The summed E-state index contributed by atoms with van der Waals surface area (Å²) in [7, 11) is 3.62. The average molecular weight is 218 g/mol. The molecule has 0 saturated heterocycles. The number of rotatable bonds is 4. The maximum Gasteiger partial charge on any atom is 0.142 e. The second kappa shape index (κ2) is 4.89. The van der Waals surface area contributed by atoms with Gasteiger partial charge in [0.05, 0.1) is 24.3 Å². The summed E-state index contributed by atoms with van der Waals surface area (Å²) in [4.78, 5) is 2.04. The summed E-state index contributed by atoms with van der Waals surface area (Å²) in [5.74, 6) is 0.832. The lowest BCUT2D eigenvalue weighted by molar-refractivity contribution is 0.412. The number of para-hydroxylation sites is 2. The molecular weight excluding hydrogens is 200 g/mol. The number of benzene rings is 1. The maximum atomic E-state index is 9.01. The molecule has 0 N–H and O–H groups in total. The van der Waals surface area contributed by atoms with E-state index in [9.17, 15) is 0 Å². The third kappa shape index (κ3) is 2.90. The summed E-state index contributed by atoms with van der Waals surface area (Å²) in [6.07, 6.45) is 0. The van der Waals surface area contributed by atoms with Crippen molar-refractivity contribution in [2.45, 2.75) is 13.8 Å². The van der Waals surface area contributed by atoms with Crippen molar-refractivity contribution >= 4 is 5.69 Å². The Hall–Kier alpha value is -1.69. The molecular formula is C13H18N2O. The van der Waals surface area contributed by atoms with E-state index in [1.165, 1.54) is 0 Å². The van der Waals surface area contributed by atoms with Crippen molar-refractivity contribution in [3.63, 3.8) is 0 Å². The van der Waals surface area contributed by atoms with Crippen molar-refractivity contribution in [2.75, 3.05) is 25.6 Å². The van der Waals surface area contributed by atoms with Gasteiger partial charge in [-0.1, -0.05) is 12.1 Å². The highest BCUT2D eigenvalue weighted by molar-refractivity contribution is 5.58. The minimum absolute atomic E-state index is 0.365. The van der Waals surface area contributed by atoms with Crippen LogP contribution >= 0.6 is 0 Å². The fourth-order valence-electron chi connectivity index (χ4n) is 1.66. The highest BCUT2D eigenvalue weighted by Crippen LogP contribution is 2.28. The lowest BCUT2D eigenvalue weighted by Gasteiger charge is -2.27. The molecule has 3 nitrogen and oxygen atoms in total. The van der Waals surface area contributed by atoms with E-state index < -0.39 is 0 Å². The van der Waals surface area contributed by atoms with Gasteiger partial charge in [0.15, 0.2) is 0 Å². The Kier molecular flexibility index (Phi) is 3.78. The Morgan fingerprint density at radius 1 is 1.38 bits per heavy atom.